The lowest BCUT2D eigenvalue weighted by molar-refractivity contribution is 0.620. The summed E-state index contributed by atoms with van der Waals surface area (Å²) in [5.41, 5.74) is 2.41. The van der Waals surface area contributed by atoms with Gasteiger partial charge >= 0.3 is 0 Å². The van der Waals surface area contributed by atoms with Crippen molar-refractivity contribution in [2.45, 2.75) is 5.88 Å². The van der Waals surface area contributed by atoms with Crippen LogP contribution in [0.2, 0.25) is 5.02 Å². The number of benzene rings is 2. The van der Waals surface area contributed by atoms with Gasteiger partial charge in [-0.1, -0.05) is 11.6 Å². The molecule has 102 valence electrons. The second-order valence-corrected chi connectivity index (χ2v) is 5.79. The van der Waals surface area contributed by atoms with E-state index in [-0.39, 0.29) is 11.7 Å². The Morgan fingerprint density at radius 2 is 2.00 bits per heavy atom. The molecular formula is C14H8BrCl2FN2. The van der Waals surface area contributed by atoms with Crippen molar-refractivity contribution in [1.29, 1.82) is 0 Å². The van der Waals surface area contributed by atoms with E-state index in [4.69, 9.17) is 23.2 Å². The maximum atomic E-state index is 13.4. The first-order valence-corrected chi connectivity index (χ1v) is 7.49. The van der Waals surface area contributed by atoms with Crippen LogP contribution in [0.1, 0.15) is 5.82 Å². The highest BCUT2D eigenvalue weighted by Gasteiger charge is 2.13. The van der Waals surface area contributed by atoms with Gasteiger partial charge in [-0.05, 0) is 52.3 Å². The number of alkyl halides is 1. The lowest BCUT2D eigenvalue weighted by Crippen LogP contribution is -1.99. The van der Waals surface area contributed by atoms with Gasteiger partial charge in [0.25, 0.3) is 0 Å². The quantitative estimate of drug-likeness (QED) is 0.556. The lowest BCUT2D eigenvalue weighted by Gasteiger charge is -2.09. The van der Waals surface area contributed by atoms with Gasteiger partial charge < -0.3 is 0 Å². The highest BCUT2D eigenvalue weighted by atomic mass is 79.9. The highest BCUT2D eigenvalue weighted by molar-refractivity contribution is 9.10. The summed E-state index contributed by atoms with van der Waals surface area (Å²) < 4.78 is 15.6. The van der Waals surface area contributed by atoms with E-state index in [0.717, 1.165) is 16.7 Å². The van der Waals surface area contributed by atoms with Crippen LogP contribution in [0.4, 0.5) is 4.39 Å². The summed E-state index contributed by atoms with van der Waals surface area (Å²) in [5, 5.41) is 0.612. The van der Waals surface area contributed by atoms with Gasteiger partial charge in [0.05, 0.1) is 21.4 Å². The minimum absolute atomic E-state index is 0.251. The fraction of sp³-hybridized carbons (Fsp3) is 0.0714. The normalized spacial score (nSPS) is 11.2. The Kier molecular flexibility index (Phi) is 3.71. The molecule has 0 aliphatic rings. The van der Waals surface area contributed by atoms with E-state index in [1.165, 1.54) is 6.07 Å². The Balaban J connectivity index is 2.32. The van der Waals surface area contributed by atoms with Crippen molar-refractivity contribution >= 4 is 50.2 Å². The number of fused-ring (bicyclic) bond motifs is 1. The van der Waals surface area contributed by atoms with Crippen LogP contribution in [0.3, 0.4) is 0 Å². The van der Waals surface area contributed by atoms with E-state index >= 15 is 0 Å². The Hall–Kier alpha value is -1.10. The molecule has 0 N–H and O–H groups in total. The Labute approximate surface area is 133 Å². The molecule has 1 heterocycles. The molecule has 0 aliphatic heterocycles. The van der Waals surface area contributed by atoms with Gasteiger partial charge in [-0.15, -0.1) is 11.6 Å². The first-order chi connectivity index (χ1) is 9.60. The highest BCUT2D eigenvalue weighted by Crippen LogP contribution is 2.27. The summed E-state index contributed by atoms with van der Waals surface area (Å²) in [6, 6.07) is 10.2. The predicted molar refractivity (Wildman–Crippen MR) is 83.3 cm³/mol. The zero-order chi connectivity index (χ0) is 14.3. The molecule has 0 unspecified atom stereocenters. The standard InChI is InChI=1S/C14H8BrCl2FN2/c15-10-6-9(2-3-11(10)18)20-13-5-8(17)1-4-12(13)19-14(20)7-16/h1-6H,7H2. The second kappa shape index (κ2) is 5.35. The molecule has 0 aliphatic carbocycles. The minimum Gasteiger partial charge on any atom is -0.295 e. The predicted octanol–water partition coefficient (Wildman–Crippen LogP) is 5.32. The van der Waals surface area contributed by atoms with Crippen LogP contribution in [0.25, 0.3) is 16.7 Å². The van der Waals surface area contributed by atoms with E-state index in [9.17, 15) is 4.39 Å². The van der Waals surface area contributed by atoms with E-state index in [1.807, 2.05) is 16.7 Å². The molecule has 3 aromatic rings. The largest absolute Gasteiger partial charge is 0.295 e. The number of imidazole rings is 1. The zero-order valence-electron chi connectivity index (χ0n) is 10.1. The molecule has 3 rings (SSSR count). The third-order valence-electron chi connectivity index (χ3n) is 2.97. The summed E-state index contributed by atoms with van der Waals surface area (Å²) in [6.45, 7) is 0. The molecule has 0 atom stereocenters. The first kappa shape index (κ1) is 13.9. The second-order valence-electron chi connectivity index (χ2n) is 4.23. The topological polar surface area (TPSA) is 17.8 Å². The molecule has 0 spiro atoms. The monoisotopic (exact) mass is 372 g/mol. The Bertz CT molecular complexity index is 801. The molecule has 0 saturated carbocycles. The Morgan fingerprint density at radius 3 is 2.70 bits per heavy atom. The summed E-state index contributed by atoms with van der Waals surface area (Å²) in [7, 11) is 0. The zero-order valence-corrected chi connectivity index (χ0v) is 13.2. The average Bonchev–Trinajstić information content (AvgIpc) is 2.79. The maximum absolute atomic E-state index is 13.4. The molecule has 1 aromatic heterocycles. The van der Waals surface area contributed by atoms with Crippen molar-refractivity contribution in [3.05, 3.63) is 57.5 Å². The molecule has 6 heteroatoms. The number of halogens is 4. The molecule has 2 aromatic carbocycles. The van der Waals surface area contributed by atoms with Crippen LogP contribution in [0, 0.1) is 5.82 Å². The van der Waals surface area contributed by atoms with Crippen LogP contribution < -0.4 is 0 Å². The number of hydrogen-bond acceptors (Lipinski definition) is 1. The Morgan fingerprint density at radius 1 is 1.20 bits per heavy atom. The van der Waals surface area contributed by atoms with Crippen LogP contribution >= 0.6 is 39.1 Å². The van der Waals surface area contributed by atoms with Crippen molar-refractivity contribution in [3.63, 3.8) is 0 Å². The smallest absolute Gasteiger partial charge is 0.137 e. The molecule has 0 bridgehead atoms. The van der Waals surface area contributed by atoms with Crippen molar-refractivity contribution in [3.8, 4) is 5.69 Å². The van der Waals surface area contributed by atoms with Crippen molar-refractivity contribution in [2.24, 2.45) is 0 Å². The molecular weight excluding hydrogens is 366 g/mol. The number of nitrogens with zero attached hydrogens (tertiary/aromatic N) is 2. The van der Waals surface area contributed by atoms with Crippen LogP contribution in [-0.4, -0.2) is 9.55 Å². The molecule has 0 saturated heterocycles. The van der Waals surface area contributed by atoms with Gasteiger partial charge in [0.15, 0.2) is 0 Å². The fourth-order valence-corrected chi connectivity index (χ4v) is 2.81. The molecule has 2 nitrogen and oxygen atoms in total. The van der Waals surface area contributed by atoms with Crippen molar-refractivity contribution in [2.75, 3.05) is 0 Å². The van der Waals surface area contributed by atoms with E-state index < -0.39 is 0 Å². The third-order valence-corrected chi connectivity index (χ3v) is 4.05. The average molecular weight is 374 g/mol. The van der Waals surface area contributed by atoms with Crippen LogP contribution in [0.15, 0.2) is 40.9 Å². The summed E-state index contributed by atoms with van der Waals surface area (Å²) in [6.07, 6.45) is 0. The molecule has 0 amide bonds. The number of hydrogen-bond donors (Lipinski definition) is 0. The summed E-state index contributed by atoms with van der Waals surface area (Å²) in [4.78, 5) is 4.46. The van der Waals surface area contributed by atoms with Gasteiger partial charge in [-0.25, -0.2) is 9.37 Å². The van der Waals surface area contributed by atoms with E-state index in [1.54, 1.807) is 18.2 Å². The van der Waals surface area contributed by atoms with Gasteiger partial charge in [0.1, 0.15) is 11.6 Å². The third kappa shape index (κ3) is 2.32. The maximum Gasteiger partial charge on any atom is 0.137 e. The molecule has 0 fully saturated rings. The van der Waals surface area contributed by atoms with E-state index in [2.05, 4.69) is 20.9 Å². The van der Waals surface area contributed by atoms with Crippen molar-refractivity contribution < 1.29 is 4.39 Å². The molecule has 20 heavy (non-hydrogen) atoms. The summed E-state index contributed by atoms with van der Waals surface area (Å²) >= 11 is 15.2. The summed E-state index contributed by atoms with van der Waals surface area (Å²) in [5.74, 6) is 0.618. The first-order valence-electron chi connectivity index (χ1n) is 5.78. The van der Waals surface area contributed by atoms with E-state index in [0.29, 0.717) is 15.3 Å². The van der Waals surface area contributed by atoms with Gasteiger partial charge in [0.2, 0.25) is 0 Å². The van der Waals surface area contributed by atoms with Crippen LogP contribution in [0.5, 0.6) is 0 Å². The lowest BCUT2D eigenvalue weighted by atomic mass is 10.2. The minimum atomic E-state index is -0.316. The SMILES string of the molecule is Fc1ccc(-n2c(CCl)nc3ccc(Cl)cc32)cc1Br. The molecule has 0 radical (unpaired) electrons. The number of aromatic nitrogens is 2. The number of rotatable bonds is 2. The fourth-order valence-electron chi connectivity index (χ4n) is 2.10. The van der Waals surface area contributed by atoms with Gasteiger partial charge in [-0.2, -0.15) is 0 Å². The van der Waals surface area contributed by atoms with Gasteiger partial charge in [0, 0.05) is 10.7 Å². The van der Waals surface area contributed by atoms with Crippen molar-refractivity contribution in [1.82, 2.24) is 9.55 Å². The van der Waals surface area contributed by atoms with Crippen LogP contribution in [-0.2, 0) is 5.88 Å². The van der Waals surface area contributed by atoms with Gasteiger partial charge in [-0.3, -0.25) is 4.57 Å².